The third kappa shape index (κ3) is 1.16. The molecule has 0 radical (unpaired) electrons. The molecule has 4 heteroatoms. The maximum absolute atomic E-state index is 11.3. The Kier molecular flexibility index (Phi) is 1.96. The SMILES string of the molecule is COC(=O)c1ncc(C)c2cc[nH]c12. The standard InChI is InChI=1S/C10H10N2O2/c1-6-5-12-9(10(13)14-2)8-7(6)3-4-11-8/h3-5,11H,1-2H3. The van der Waals surface area contributed by atoms with E-state index in [1.165, 1.54) is 7.11 Å². The molecule has 0 saturated heterocycles. The zero-order chi connectivity index (χ0) is 10.1. The van der Waals surface area contributed by atoms with Crippen LogP contribution in [0.1, 0.15) is 16.1 Å². The fourth-order valence-electron chi connectivity index (χ4n) is 1.44. The van der Waals surface area contributed by atoms with Crippen LogP contribution in [-0.2, 0) is 4.74 Å². The highest BCUT2D eigenvalue weighted by Gasteiger charge is 2.13. The number of nitrogens with zero attached hydrogens (tertiary/aromatic N) is 1. The second-order valence-electron chi connectivity index (χ2n) is 3.05. The zero-order valence-electron chi connectivity index (χ0n) is 8.00. The van der Waals surface area contributed by atoms with E-state index >= 15 is 0 Å². The van der Waals surface area contributed by atoms with Gasteiger partial charge in [-0.05, 0) is 18.6 Å². The lowest BCUT2D eigenvalue weighted by atomic mass is 10.2. The Hall–Kier alpha value is -1.84. The molecular formula is C10H10N2O2. The Morgan fingerprint density at radius 1 is 1.57 bits per heavy atom. The summed E-state index contributed by atoms with van der Waals surface area (Å²) in [6.45, 7) is 1.95. The number of esters is 1. The summed E-state index contributed by atoms with van der Waals surface area (Å²) in [6.07, 6.45) is 3.45. The molecule has 0 saturated carbocycles. The second kappa shape index (κ2) is 3.14. The van der Waals surface area contributed by atoms with Crippen molar-refractivity contribution in [3.05, 3.63) is 29.7 Å². The zero-order valence-corrected chi connectivity index (χ0v) is 8.00. The maximum Gasteiger partial charge on any atom is 0.358 e. The molecule has 0 spiro atoms. The molecule has 14 heavy (non-hydrogen) atoms. The van der Waals surface area contributed by atoms with Crippen LogP contribution in [0, 0.1) is 6.92 Å². The number of hydrogen-bond acceptors (Lipinski definition) is 3. The Labute approximate surface area is 80.9 Å². The lowest BCUT2D eigenvalue weighted by molar-refractivity contribution is 0.0596. The Bertz CT molecular complexity index is 488. The number of H-pyrrole nitrogens is 1. The Morgan fingerprint density at radius 3 is 3.07 bits per heavy atom. The van der Waals surface area contributed by atoms with Gasteiger partial charge < -0.3 is 9.72 Å². The van der Waals surface area contributed by atoms with Crippen LogP contribution in [-0.4, -0.2) is 23.0 Å². The minimum atomic E-state index is -0.419. The van der Waals surface area contributed by atoms with Gasteiger partial charge in [-0.1, -0.05) is 0 Å². The molecule has 0 aliphatic carbocycles. The summed E-state index contributed by atoms with van der Waals surface area (Å²) in [5.41, 5.74) is 2.10. The summed E-state index contributed by atoms with van der Waals surface area (Å²) in [6, 6.07) is 1.92. The van der Waals surface area contributed by atoms with Crippen molar-refractivity contribution in [2.45, 2.75) is 6.92 Å². The smallest absolute Gasteiger partial charge is 0.358 e. The van der Waals surface area contributed by atoms with E-state index in [2.05, 4.69) is 14.7 Å². The first-order valence-electron chi connectivity index (χ1n) is 4.25. The number of methoxy groups -OCH3 is 1. The van der Waals surface area contributed by atoms with Crippen molar-refractivity contribution in [3.63, 3.8) is 0 Å². The monoisotopic (exact) mass is 190 g/mol. The minimum Gasteiger partial charge on any atom is -0.464 e. The first-order chi connectivity index (χ1) is 6.74. The summed E-state index contributed by atoms with van der Waals surface area (Å²) < 4.78 is 4.63. The molecule has 72 valence electrons. The summed E-state index contributed by atoms with van der Waals surface area (Å²) in [4.78, 5) is 18.4. The van der Waals surface area contributed by atoms with Gasteiger partial charge in [-0.15, -0.1) is 0 Å². The summed E-state index contributed by atoms with van der Waals surface area (Å²) in [7, 11) is 1.35. The van der Waals surface area contributed by atoms with Crippen LogP contribution in [0.4, 0.5) is 0 Å². The molecule has 0 amide bonds. The van der Waals surface area contributed by atoms with Gasteiger partial charge in [-0.3, -0.25) is 0 Å². The van der Waals surface area contributed by atoms with E-state index in [4.69, 9.17) is 0 Å². The number of aryl methyl sites for hydroxylation is 1. The topological polar surface area (TPSA) is 55.0 Å². The largest absolute Gasteiger partial charge is 0.464 e. The third-order valence-electron chi connectivity index (χ3n) is 2.17. The van der Waals surface area contributed by atoms with E-state index in [9.17, 15) is 4.79 Å². The van der Waals surface area contributed by atoms with Crippen LogP contribution in [0.5, 0.6) is 0 Å². The van der Waals surface area contributed by atoms with Crippen LogP contribution in [0.3, 0.4) is 0 Å². The summed E-state index contributed by atoms with van der Waals surface area (Å²) >= 11 is 0. The molecule has 0 atom stereocenters. The van der Waals surface area contributed by atoms with Gasteiger partial charge in [-0.2, -0.15) is 0 Å². The van der Waals surface area contributed by atoms with Crippen LogP contribution < -0.4 is 0 Å². The van der Waals surface area contributed by atoms with Crippen molar-refractivity contribution >= 4 is 16.9 Å². The molecule has 2 aromatic rings. The van der Waals surface area contributed by atoms with E-state index < -0.39 is 5.97 Å². The predicted molar refractivity (Wildman–Crippen MR) is 52.2 cm³/mol. The van der Waals surface area contributed by atoms with Gasteiger partial charge in [0.25, 0.3) is 0 Å². The molecule has 2 rings (SSSR count). The average molecular weight is 190 g/mol. The molecule has 1 N–H and O–H groups in total. The number of rotatable bonds is 1. The molecule has 0 unspecified atom stereocenters. The summed E-state index contributed by atoms with van der Waals surface area (Å²) in [5.74, 6) is -0.419. The predicted octanol–water partition coefficient (Wildman–Crippen LogP) is 1.66. The molecule has 0 fully saturated rings. The number of aromatic nitrogens is 2. The van der Waals surface area contributed by atoms with Crippen molar-refractivity contribution in [1.82, 2.24) is 9.97 Å². The number of carbonyl (C=O) groups is 1. The van der Waals surface area contributed by atoms with E-state index in [0.29, 0.717) is 5.69 Å². The summed E-state index contributed by atoms with van der Waals surface area (Å²) in [5, 5.41) is 1.00. The molecule has 2 heterocycles. The number of fused-ring (bicyclic) bond motifs is 1. The van der Waals surface area contributed by atoms with Gasteiger partial charge in [0, 0.05) is 17.8 Å². The van der Waals surface area contributed by atoms with Crippen molar-refractivity contribution < 1.29 is 9.53 Å². The molecular weight excluding hydrogens is 180 g/mol. The average Bonchev–Trinajstić information content (AvgIpc) is 2.67. The fourth-order valence-corrected chi connectivity index (χ4v) is 1.44. The molecule has 0 bridgehead atoms. The molecule has 0 aliphatic heterocycles. The van der Waals surface area contributed by atoms with Crippen LogP contribution in [0.15, 0.2) is 18.5 Å². The molecule has 2 aromatic heterocycles. The Morgan fingerprint density at radius 2 is 2.36 bits per heavy atom. The van der Waals surface area contributed by atoms with E-state index in [0.717, 1.165) is 16.5 Å². The number of pyridine rings is 1. The first kappa shape index (κ1) is 8.74. The van der Waals surface area contributed by atoms with Crippen molar-refractivity contribution in [2.24, 2.45) is 0 Å². The van der Waals surface area contributed by atoms with Crippen LogP contribution in [0.2, 0.25) is 0 Å². The van der Waals surface area contributed by atoms with E-state index in [1.54, 1.807) is 12.4 Å². The number of ether oxygens (including phenoxy) is 1. The lowest BCUT2D eigenvalue weighted by Crippen LogP contribution is -2.05. The fraction of sp³-hybridized carbons (Fsp3) is 0.200. The number of nitrogens with one attached hydrogen (secondary N) is 1. The number of carbonyl (C=O) groups excluding carboxylic acids is 1. The first-order valence-corrected chi connectivity index (χ1v) is 4.25. The van der Waals surface area contributed by atoms with Crippen LogP contribution >= 0.6 is 0 Å². The lowest BCUT2D eigenvalue weighted by Gasteiger charge is -2.01. The van der Waals surface area contributed by atoms with Gasteiger partial charge in [-0.25, -0.2) is 9.78 Å². The van der Waals surface area contributed by atoms with Gasteiger partial charge >= 0.3 is 5.97 Å². The van der Waals surface area contributed by atoms with Crippen LogP contribution in [0.25, 0.3) is 10.9 Å². The van der Waals surface area contributed by atoms with E-state index in [1.807, 2.05) is 13.0 Å². The number of aromatic amines is 1. The van der Waals surface area contributed by atoms with Gasteiger partial charge in [0.2, 0.25) is 0 Å². The normalized spacial score (nSPS) is 10.4. The maximum atomic E-state index is 11.3. The van der Waals surface area contributed by atoms with Gasteiger partial charge in [0.1, 0.15) is 0 Å². The molecule has 0 aromatic carbocycles. The van der Waals surface area contributed by atoms with Crippen molar-refractivity contribution in [3.8, 4) is 0 Å². The van der Waals surface area contributed by atoms with Gasteiger partial charge in [0.05, 0.1) is 12.6 Å². The van der Waals surface area contributed by atoms with Gasteiger partial charge in [0.15, 0.2) is 5.69 Å². The van der Waals surface area contributed by atoms with E-state index in [-0.39, 0.29) is 0 Å². The molecule has 4 nitrogen and oxygen atoms in total. The highest BCUT2D eigenvalue weighted by Crippen LogP contribution is 2.19. The van der Waals surface area contributed by atoms with Crippen molar-refractivity contribution in [2.75, 3.05) is 7.11 Å². The number of hydrogen-bond donors (Lipinski definition) is 1. The third-order valence-corrected chi connectivity index (χ3v) is 2.17. The van der Waals surface area contributed by atoms with Crippen molar-refractivity contribution in [1.29, 1.82) is 0 Å². The highest BCUT2D eigenvalue weighted by molar-refractivity contribution is 6.01. The second-order valence-corrected chi connectivity index (χ2v) is 3.05. The molecule has 0 aliphatic rings. The quantitative estimate of drug-likeness (QED) is 0.696. The Balaban J connectivity index is 2.72. The minimum absolute atomic E-state index is 0.332. The highest BCUT2D eigenvalue weighted by atomic mass is 16.5.